The van der Waals surface area contributed by atoms with E-state index in [1.165, 1.54) is 19.1 Å². The topological polar surface area (TPSA) is 76.1 Å². The first-order valence-corrected chi connectivity index (χ1v) is 8.27. The monoisotopic (exact) mass is 355 g/mol. The molecule has 1 aliphatic heterocycles. The van der Waals surface area contributed by atoms with Gasteiger partial charge in [0.1, 0.15) is 0 Å². The van der Waals surface area contributed by atoms with Crippen molar-refractivity contribution in [3.05, 3.63) is 65.7 Å². The molecule has 1 aliphatic rings. The van der Waals surface area contributed by atoms with Gasteiger partial charge in [-0.2, -0.15) is 0 Å². The number of hydrogen-bond donors (Lipinski definition) is 1. The molecule has 2 aromatic carbocycles. The Balaban J connectivity index is 1.94. The number of carbonyl (C=O) groups excluding carboxylic acids is 2. The zero-order valence-corrected chi connectivity index (χ0v) is 14.7. The zero-order valence-electron chi connectivity index (χ0n) is 14.7. The Morgan fingerprint density at radius 3 is 2.35 bits per heavy atom. The van der Waals surface area contributed by atoms with Crippen molar-refractivity contribution in [2.24, 2.45) is 0 Å². The normalized spacial score (nSPS) is 19.1. The van der Waals surface area contributed by atoms with Crippen molar-refractivity contribution in [1.82, 2.24) is 0 Å². The van der Waals surface area contributed by atoms with Crippen LogP contribution in [0.2, 0.25) is 0 Å². The van der Waals surface area contributed by atoms with Gasteiger partial charge in [0.2, 0.25) is 6.29 Å². The minimum absolute atomic E-state index is 0.311. The van der Waals surface area contributed by atoms with Crippen LogP contribution in [-0.4, -0.2) is 37.3 Å². The van der Waals surface area contributed by atoms with Crippen LogP contribution in [-0.2, 0) is 31.2 Å². The molecule has 0 bridgehead atoms. The van der Waals surface area contributed by atoms with E-state index in [0.29, 0.717) is 17.8 Å². The molecule has 1 N–H and O–H groups in total. The minimum atomic E-state index is -1.93. The summed E-state index contributed by atoms with van der Waals surface area (Å²) < 4.78 is 9.91. The van der Waals surface area contributed by atoms with Gasteiger partial charge >= 0.3 is 0 Å². The van der Waals surface area contributed by atoms with Crippen molar-refractivity contribution in [2.45, 2.75) is 24.9 Å². The summed E-state index contributed by atoms with van der Waals surface area (Å²) in [5, 5.41) is 11.1. The zero-order chi connectivity index (χ0) is 18.7. The largest absolute Gasteiger partial charge is 0.375 e. The highest BCUT2D eigenvalue weighted by Gasteiger charge is 2.51. The quantitative estimate of drug-likeness (QED) is 0.769. The van der Waals surface area contributed by atoms with Crippen molar-refractivity contribution >= 4 is 17.4 Å². The lowest BCUT2D eigenvalue weighted by Crippen LogP contribution is -2.43. The molecule has 0 aliphatic carbocycles. The van der Waals surface area contributed by atoms with E-state index in [1.54, 1.807) is 24.3 Å². The van der Waals surface area contributed by atoms with Gasteiger partial charge in [-0.25, -0.2) is 0 Å². The van der Waals surface area contributed by atoms with Gasteiger partial charge in [0.05, 0.1) is 18.7 Å². The number of amides is 1. The number of nitrogens with zero attached hydrogens (tertiary/aromatic N) is 1. The smallest absolute Gasteiger partial charge is 0.264 e. The lowest BCUT2D eigenvalue weighted by molar-refractivity contribution is -0.164. The molecule has 1 heterocycles. The molecule has 0 radical (unpaired) electrons. The third-order valence-electron chi connectivity index (χ3n) is 4.54. The van der Waals surface area contributed by atoms with Gasteiger partial charge < -0.3 is 19.5 Å². The van der Waals surface area contributed by atoms with E-state index in [4.69, 9.17) is 9.47 Å². The Morgan fingerprint density at radius 1 is 1.08 bits per heavy atom. The number of fused-ring (bicyclic) bond motifs is 1. The Kier molecular flexibility index (Phi) is 5.18. The molecule has 6 nitrogen and oxygen atoms in total. The number of methoxy groups -OCH3 is 2. The van der Waals surface area contributed by atoms with Gasteiger partial charge in [0, 0.05) is 19.8 Å². The molecular weight excluding hydrogens is 334 g/mol. The standard InChI is InChI=1S/C20H21NO5/c1-25-18(26-2)17(22)12-20(24)15-10-6-7-11-16(15)21(19(20)23)13-14-8-4-3-5-9-14/h3-11,18,24H,12-13H2,1-2H3/t20-/m0/s1. The molecule has 0 saturated heterocycles. The van der Waals surface area contributed by atoms with Crippen LogP contribution < -0.4 is 4.90 Å². The molecule has 136 valence electrons. The van der Waals surface area contributed by atoms with Crippen LogP contribution in [0, 0.1) is 0 Å². The number of aliphatic hydroxyl groups is 1. The molecule has 0 fully saturated rings. The summed E-state index contributed by atoms with van der Waals surface area (Å²) in [5.41, 5.74) is 0.0128. The van der Waals surface area contributed by atoms with Gasteiger partial charge in [0.15, 0.2) is 11.4 Å². The van der Waals surface area contributed by atoms with Gasteiger partial charge in [-0.3, -0.25) is 9.59 Å². The van der Waals surface area contributed by atoms with Crippen LogP contribution in [0.15, 0.2) is 54.6 Å². The van der Waals surface area contributed by atoms with E-state index < -0.39 is 30.0 Å². The molecule has 26 heavy (non-hydrogen) atoms. The number of para-hydroxylation sites is 1. The summed E-state index contributed by atoms with van der Waals surface area (Å²) in [6.45, 7) is 0.311. The number of benzene rings is 2. The van der Waals surface area contributed by atoms with E-state index in [2.05, 4.69) is 0 Å². The lowest BCUT2D eigenvalue weighted by atomic mass is 9.90. The van der Waals surface area contributed by atoms with Crippen molar-refractivity contribution in [3.8, 4) is 0 Å². The van der Waals surface area contributed by atoms with Crippen molar-refractivity contribution in [2.75, 3.05) is 19.1 Å². The highest BCUT2D eigenvalue weighted by atomic mass is 16.7. The van der Waals surface area contributed by atoms with E-state index in [-0.39, 0.29) is 0 Å². The van der Waals surface area contributed by atoms with E-state index in [1.807, 2.05) is 30.3 Å². The number of ketones is 1. The molecule has 1 amide bonds. The number of hydrogen-bond acceptors (Lipinski definition) is 5. The second kappa shape index (κ2) is 7.37. The van der Waals surface area contributed by atoms with Gasteiger partial charge in [-0.1, -0.05) is 48.5 Å². The van der Waals surface area contributed by atoms with Crippen LogP contribution in [0.4, 0.5) is 5.69 Å². The lowest BCUT2D eigenvalue weighted by Gasteiger charge is -2.24. The Morgan fingerprint density at radius 2 is 1.69 bits per heavy atom. The highest BCUT2D eigenvalue weighted by molar-refractivity contribution is 6.09. The number of carbonyl (C=O) groups is 2. The van der Waals surface area contributed by atoms with Gasteiger partial charge in [0.25, 0.3) is 5.91 Å². The van der Waals surface area contributed by atoms with Crippen LogP contribution in [0.5, 0.6) is 0 Å². The third-order valence-corrected chi connectivity index (χ3v) is 4.54. The first kappa shape index (κ1) is 18.3. The van der Waals surface area contributed by atoms with Crippen LogP contribution in [0.1, 0.15) is 17.5 Å². The fourth-order valence-corrected chi connectivity index (χ4v) is 3.30. The van der Waals surface area contributed by atoms with E-state index in [9.17, 15) is 14.7 Å². The SMILES string of the molecule is COC(OC)C(=O)C[C@@]1(O)C(=O)N(Cc2ccccc2)c2ccccc21. The second-order valence-corrected chi connectivity index (χ2v) is 6.20. The summed E-state index contributed by atoms with van der Waals surface area (Å²) in [4.78, 5) is 27.0. The molecule has 2 aromatic rings. The molecule has 3 rings (SSSR count). The van der Waals surface area contributed by atoms with Crippen LogP contribution in [0.25, 0.3) is 0 Å². The Hall–Kier alpha value is -2.54. The maximum absolute atomic E-state index is 13.1. The average molecular weight is 355 g/mol. The Bertz CT molecular complexity index is 803. The molecule has 0 unspecified atom stereocenters. The summed E-state index contributed by atoms with van der Waals surface area (Å²) in [6, 6.07) is 16.5. The molecule has 1 atom stereocenters. The van der Waals surface area contributed by atoms with Crippen molar-refractivity contribution < 1.29 is 24.2 Å². The maximum Gasteiger partial charge on any atom is 0.264 e. The predicted octanol–water partition coefficient (Wildman–Crippen LogP) is 2.00. The van der Waals surface area contributed by atoms with E-state index in [0.717, 1.165) is 5.56 Å². The van der Waals surface area contributed by atoms with Crippen molar-refractivity contribution in [1.29, 1.82) is 0 Å². The summed E-state index contributed by atoms with van der Waals surface area (Å²) in [6.07, 6.45) is -1.54. The summed E-state index contributed by atoms with van der Waals surface area (Å²) in [7, 11) is 2.67. The number of rotatable bonds is 7. The van der Waals surface area contributed by atoms with Gasteiger partial charge in [-0.15, -0.1) is 0 Å². The fraction of sp³-hybridized carbons (Fsp3) is 0.300. The highest BCUT2D eigenvalue weighted by Crippen LogP contribution is 2.43. The van der Waals surface area contributed by atoms with E-state index >= 15 is 0 Å². The molecular formula is C20H21NO5. The maximum atomic E-state index is 13.1. The van der Waals surface area contributed by atoms with Gasteiger partial charge in [-0.05, 0) is 11.6 Å². The molecule has 6 heteroatoms. The number of Topliss-reactive ketones (excluding diaryl/α,β-unsaturated/α-hetero) is 1. The third kappa shape index (κ3) is 3.14. The van der Waals surface area contributed by atoms with Crippen molar-refractivity contribution in [3.63, 3.8) is 0 Å². The van der Waals surface area contributed by atoms with Crippen LogP contribution >= 0.6 is 0 Å². The molecule has 0 aromatic heterocycles. The summed E-state index contributed by atoms with van der Waals surface area (Å²) in [5.74, 6) is -1.02. The second-order valence-electron chi connectivity index (χ2n) is 6.20. The fourth-order valence-electron chi connectivity index (χ4n) is 3.30. The molecule has 0 spiro atoms. The summed E-state index contributed by atoms with van der Waals surface area (Å²) >= 11 is 0. The van der Waals surface area contributed by atoms with Crippen LogP contribution in [0.3, 0.4) is 0 Å². The Labute approximate surface area is 152 Å². The average Bonchev–Trinajstić information content (AvgIpc) is 2.86. The predicted molar refractivity (Wildman–Crippen MR) is 95.4 cm³/mol. The first-order chi connectivity index (χ1) is 12.5. The first-order valence-electron chi connectivity index (χ1n) is 8.27. The minimum Gasteiger partial charge on any atom is -0.375 e. The molecule has 0 saturated carbocycles. The number of anilines is 1. The number of ether oxygens (including phenoxy) is 2.